The molecule has 3 heterocycles. The van der Waals surface area contributed by atoms with Gasteiger partial charge in [0.25, 0.3) is 0 Å². The maximum atomic E-state index is 14.2. The van der Waals surface area contributed by atoms with Crippen molar-refractivity contribution in [3.8, 4) is 0 Å². The zero-order valence-electron chi connectivity index (χ0n) is 64.6. The van der Waals surface area contributed by atoms with Gasteiger partial charge in [-0.25, -0.2) is 101 Å². The van der Waals surface area contributed by atoms with Crippen molar-refractivity contribution in [1.82, 2.24) is 19.5 Å². The number of sulfone groups is 4. The van der Waals surface area contributed by atoms with Crippen molar-refractivity contribution < 1.29 is 86.4 Å². The van der Waals surface area contributed by atoms with E-state index in [1.807, 2.05) is 0 Å². The summed E-state index contributed by atoms with van der Waals surface area (Å²) >= 11 is 1.19. The molecule has 3 aromatic heterocycles. The third-order valence-electron chi connectivity index (χ3n) is 20.5. The summed E-state index contributed by atoms with van der Waals surface area (Å²) in [5.74, 6) is -6.91. The first kappa shape index (κ1) is 88.6. The van der Waals surface area contributed by atoms with E-state index >= 15 is 0 Å². The highest BCUT2D eigenvalue weighted by molar-refractivity contribution is 7.93. The van der Waals surface area contributed by atoms with Crippen LogP contribution in [0.25, 0.3) is 0 Å². The Morgan fingerprint density at radius 3 is 0.726 bits per heavy atom. The van der Waals surface area contributed by atoms with Crippen molar-refractivity contribution in [3.05, 3.63) is 511 Å². The van der Waals surface area contributed by atoms with Gasteiger partial charge in [0, 0.05) is 37.2 Å². The Bertz CT molecular complexity index is 6180. The van der Waals surface area contributed by atoms with Crippen LogP contribution in [0.4, 0.5) is 52.7 Å². The van der Waals surface area contributed by atoms with Gasteiger partial charge in [0.1, 0.15) is 85.3 Å². The largest absolute Gasteiger partial charge is 0.325 e. The fraction of sp³-hybridized carbons (Fsp3) is 0.0632. The van der Waals surface area contributed by atoms with Crippen molar-refractivity contribution in [2.75, 3.05) is 0 Å². The summed E-state index contributed by atoms with van der Waals surface area (Å²) in [4.78, 5) is 12.2. The lowest BCUT2D eigenvalue weighted by atomic mass is 9.84. The first-order valence-corrected chi connectivity index (χ1v) is 44.2. The molecule has 0 atom stereocenters. The number of pyridine rings is 1. The Morgan fingerprint density at radius 1 is 0.258 bits per heavy atom. The van der Waals surface area contributed by atoms with E-state index in [1.54, 1.807) is 29.6 Å². The van der Waals surface area contributed by atoms with Crippen LogP contribution in [0.5, 0.6) is 0 Å². The van der Waals surface area contributed by atoms with Crippen LogP contribution in [0.1, 0.15) is 71.8 Å². The van der Waals surface area contributed by atoms with Gasteiger partial charge in [-0.05, 0) is 237 Å². The third kappa shape index (κ3) is 17.2. The predicted molar refractivity (Wildman–Crippen MR) is 447 cm³/mol. The summed E-state index contributed by atoms with van der Waals surface area (Å²) in [6.45, 7) is 0. The van der Waals surface area contributed by atoms with Crippen LogP contribution in [0, 0.1) is 69.8 Å². The average Bonchev–Trinajstić information content (AvgIpc) is 1.47. The maximum Gasteiger partial charge on any atom is 0.230 e. The summed E-state index contributed by atoms with van der Waals surface area (Å²) in [6.07, 6.45) is 5.68. The highest BCUT2D eigenvalue weighted by Crippen LogP contribution is 2.52. The second kappa shape index (κ2) is 36.9. The van der Waals surface area contributed by atoms with E-state index in [9.17, 15) is 86.4 Å². The fourth-order valence-corrected chi connectivity index (χ4v) is 24.7. The van der Waals surface area contributed by atoms with Gasteiger partial charge in [0.2, 0.25) is 24.8 Å². The summed E-state index contributed by atoms with van der Waals surface area (Å²) in [5, 5.41) is 1.56. The van der Waals surface area contributed by atoms with Gasteiger partial charge >= 0.3 is 0 Å². The smallest absolute Gasteiger partial charge is 0.230 e. The molecule has 0 saturated heterocycles. The van der Waals surface area contributed by atoms with Crippen molar-refractivity contribution >= 4 is 50.7 Å². The van der Waals surface area contributed by atoms with Crippen molar-refractivity contribution in [1.29, 1.82) is 0 Å². The SMILES string of the molecule is Cn1ccnc1S(=O)(=O)C(c1ccc(F)cc1)(c1ccc(F)cc1)c1ccc(F)cc1.O=S(=O)(Cc1nccs1)C(c1ccc(F)cc1)(c1ccc(F)cc1)c1ccc(F)cc1.O=S(=O)(c1ccccc1)C(c1ccc(F)cc1)(c1ccc(F)cc1)c1ccc(F)cc1.O=S(=O)(c1ccccn1)C(c1ccc(F)cc1)(c1ccc(F)cc1)c1ccc(F)cc1. The van der Waals surface area contributed by atoms with Crippen LogP contribution in [0.3, 0.4) is 0 Å². The summed E-state index contributed by atoms with van der Waals surface area (Å²) in [6, 6.07) is 72.7. The molecule has 0 bridgehead atoms. The Labute approximate surface area is 710 Å². The van der Waals surface area contributed by atoms with Gasteiger partial charge in [0.05, 0.1) is 4.90 Å². The predicted octanol–water partition coefficient (Wildman–Crippen LogP) is 21.2. The Hall–Kier alpha value is -13.2. The van der Waals surface area contributed by atoms with E-state index in [0.29, 0.717) is 5.01 Å². The number of thiazole rings is 1. The van der Waals surface area contributed by atoms with Crippen LogP contribution < -0.4 is 0 Å². The lowest BCUT2D eigenvalue weighted by Crippen LogP contribution is -2.40. The van der Waals surface area contributed by atoms with Crippen molar-refractivity contribution in [3.63, 3.8) is 0 Å². The molecule has 13 aromatic carbocycles. The number of aryl methyl sites for hydroxylation is 1. The quantitative estimate of drug-likeness (QED) is 0.0493. The fourth-order valence-electron chi connectivity index (χ4n) is 14.9. The summed E-state index contributed by atoms with van der Waals surface area (Å²) in [7, 11) is -15.5. The van der Waals surface area contributed by atoms with Gasteiger partial charge < -0.3 is 4.57 Å². The van der Waals surface area contributed by atoms with Gasteiger partial charge in [-0.2, -0.15) is 0 Å². The molecule has 16 rings (SSSR count). The standard InChI is InChI=1S/C25H17F3O2S.C24H16F3NO2S.C23H17F3N2O2S.C23H16F3NO2S2/c26-21-12-6-18(7-13-21)25(19-8-14-22(27)15-9-19,20-10-16-23(28)17-11-20)31(29,30)24-4-2-1-3-5-24;25-20-10-4-17(5-11-20)24(18-6-12-21(26)13-7-18,19-8-14-22(27)15-9-19)31(29,30)23-3-1-2-16-28-23;1-28-15-14-27-22(28)31(29,30)23(16-2-8-19(24)9-3-16,17-4-10-20(25)11-5-17)18-6-12-21(26)13-7-18;24-19-7-1-16(2-8-19)23(17-3-9-20(25)10-4-17,18-5-11-21(26)12-6-18)31(28,29)15-22-27-13-14-30-22/h1-17H;1-16H;2-15H,1H3;1-14H,15H2. The van der Waals surface area contributed by atoms with Crippen LogP contribution in [-0.4, -0.2) is 53.2 Å². The van der Waals surface area contributed by atoms with Crippen molar-refractivity contribution in [2.24, 2.45) is 7.05 Å². The minimum Gasteiger partial charge on any atom is -0.325 e. The maximum absolute atomic E-state index is 14.2. The lowest BCUT2D eigenvalue weighted by Gasteiger charge is -2.35. The van der Waals surface area contributed by atoms with Crippen LogP contribution >= 0.6 is 11.3 Å². The molecule has 0 N–H and O–H groups in total. The summed E-state index contributed by atoms with van der Waals surface area (Å²) < 4.78 is 272. The number of imidazole rings is 1. The van der Waals surface area contributed by atoms with Crippen LogP contribution in [0.15, 0.2) is 385 Å². The molecule has 628 valence electrons. The molecule has 12 nitrogen and oxygen atoms in total. The molecule has 0 amide bonds. The molecule has 0 aliphatic heterocycles. The van der Waals surface area contributed by atoms with Gasteiger partial charge in [-0.15, -0.1) is 11.3 Å². The van der Waals surface area contributed by atoms with Gasteiger partial charge in [-0.3, -0.25) is 0 Å². The zero-order chi connectivity index (χ0) is 88.4. The second-order valence-corrected chi connectivity index (χ2v) is 37.0. The van der Waals surface area contributed by atoms with E-state index in [1.165, 1.54) is 218 Å². The van der Waals surface area contributed by atoms with E-state index in [4.69, 9.17) is 0 Å². The van der Waals surface area contributed by atoms with E-state index < -0.39 is 134 Å². The van der Waals surface area contributed by atoms with Gasteiger partial charge in [-0.1, -0.05) is 170 Å². The zero-order valence-corrected chi connectivity index (χ0v) is 68.6. The molecule has 0 spiro atoms. The van der Waals surface area contributed by atoms with E-state index in [0.717, 1.165) is 146 Å². The molecular weight excluding hydrogens is 1710 g/mol. The third-order valence-corrected chi connectivity index (χ3v) is 30.8. The monoisotopic (exact) mass is 1780 g/mol. The normalized spacial score (nSPS) is 12.0. The molecule has 0 unspecified atom stereocenters. The molecule has 0 radical (unpaired) electrons. The number of hydrogen-bond acceptors (Lipinski definition) is 12. The van der Waals surface area contributed by atoms with Gasteiger partial charge in [0.15, 0.2) is 38.9 Å². The molecule has 0 aliphatic carbocycles. The van der Waals surface area contributed by atoms with Crippen LogP contribution in [0.2, 0.25) is 0 Å². The minimum atomic E-state index is -4.36. The molecular formula is C95H66F12N4O8S5. The molecule has 0 aliphatic rings. The Morgan fingerprint density at radius 2 is 0.500 bits per heavy atom. The topological polar surface area (TPSA) is 180 Å². The molecule has 0 fully saturated rings. The number of rotatable bonds is 21. The number of aromatic nitrogens is 4. The summed E-state index contributed by atoms with van der Waals surface area (Å²) in [5.41, 5.74) is 2.73. The highest BCUT2D eigenvalue weighted by atomic mass is 32.2. The first-order valence-electron chi connectivity index (χ1n) is 37.2. The molecule has 29 heteroatoms. The minimum absolute atomic E-state index is 0.0213. The van der Waals surface area contributed by atoms with Crippen LogP contribution in [-0.2, 0) is 71.1 Å². The Kier molecular flexibility index (Phi) is 26.3. The number of benzene rings is 13. The van der Waals surface area contributed by atoms with E-state index in [2.05, 4.69) is 15.0 Å². The molecule has 0 saturated carbocycles. The number of hydrogen-bond donors (Lipinski definition) is 0. The highest BCUT2D eigenvalue weighted by Gasteiger charge is 2.55. The number of halogens is 12. The Balaban J connectivity index is 0.000000142. The van der Waals surface area contributed by atoms with Crippen molar-refractivity contribution in [2.45, 2.75) is 39.8 Å². The molecule has 16 aromatic rings. The number of nitrogens with zero attached hydrogens (tertiary/aromatic N) is 4. The first-order chi connectivity index (χ1) is 59.3. The lowest BCUT2D eigenvalue weighted by molar-refractivity contribution is 0.553. The van der Waals surface area contributed by atoms with E-state index in [-0.39, 0.29) is 81.8 Å². The molecule has 124 heavy (non-hydrogen) atoms. The average molecular weight is 1780 g/mol. The second-order valence-electron chi connectivity index (χ2n) is 27.8.